The smallest absolute Gasteiger partial charge is 0.399 e. The number of nitrogens with two attached hydrogens (primary N) is 1. The Morgan fingerprint density at radius 1 is 0.905 bits per heavy atom. The molecule has 0 aliphatic rings. The van der Waals surface area contributed by atoms with Crippen LogP contribution in [0.25, 0.3) is 0 Å². The van der Waals surface area contributed by atoms with Gasteiger partial charge in [0, 0.05) is 5.69 Å². The lowest BCUT2D eigenvalue weighted by atomic mass is 10.2. The number of halogens is 6. The molecule has 0 aromatic heterocycles. The van der Waals surface area contributed by atoms with Crippen molar-refractivity contribution in [3.63, 3.8) is 0 Å². The second-order valence-electron chi connectivity index (χ2n) is 4.18. The van der Waals surface area contributed by atoms with Gasteiger partial charge in [-0.25, -0.2) is 0 Å². The molecule has 0 saturated carbocycles. The van der Waals surface area contributed by atoms with Crippen molar-refractivity contribution in [1.82, 2.24) is 0 Å². The molecule has 0 aliphatic carbocycles. The van der Waals surface area contributed by atoms with Gasteiger partial charge in [0.05, 0.1) is 32.0 Å². The Balaban J connectivity index is 2.45. The third kappa shape index (κ3) is 3.67. The minimum Gasteiger partial charge on any atom is -0.399 e. The van der Waals surface area contributed by atoms with Gasteiger partial charge in [-0.05, 0) is 30.3 Å². The van der Waals surface area contributed by atoms with Gasteiger partial charge in [-0.2, -0.15) is 13.2 Å². The molecule has 0 atom stereocenters. The van der Waals surface area contributed by atoms with Gasteiger partial charge in [-0.15, -0.1) is 0 Å². The molecule has 2 rings (SSSR count). The van der Waals surface area contributed by atoms with Gasteiger partial charge in [-0.3, -0.25) is 0 Å². The maximum Gasteiger partial charge on any atom is 0.416 e. The standard InChI is InChI=1S/C13H8Cl3F3N2/c14-8-2-1-6(13(17,18)19)3-11(8)21-12-9(15)4-7(20)5-10(12)16/h1-5,21H,20H2. The predicted molar refractivity (Wildman–Crippen MR) is 80.6 cm³/mol. The van der Waals surface area contributed by atoms with Crippen LogP contribution < -0.4 is 11.1 Å². The van der Waals surface area contributed by atoms with Gasteiger partial charge in [0.25, 0.3) is 0 Å². The molecule has 3 N–H and O–H groups in total. The Hall–Kier alpha value is -1.30. The number of alkyl halides is 3. The van der Waals surface area contributed by atoms with Gasteiger partial charge in [-0.1, -0.05) is 34.8 Å². The molecule has 0 unspecified atom stereocenters. The monoisotopic (exact) mass is 354 g/mol. The van der Waals surface area contributed by atoms with E-state index in [2.05, 4.69) is 5.32 Å². The summed E-state index contributed by atoms with van der Waals surface area (Å²) in [7, 11) is 0. The Labute approximate surface area is 133 Å². The van der Waals surface area contributed by atoms with E-state index < -0.39 is 11.7 Å². The molecule has 0 heterocycles. The summed E-state index contributed by atoms with van der Waals surface area (Å²) in [5.74, 6) is 0. The van der Waals surface area contributed by atoms with Crippen LogP contribution in [0.2, 0.25) is 15.1 Å². The van der Waals surface area contributed by atoms with Crippen molar-refractivity contribution in [3.05, 3.63) is 51.0 Å². The summed E-state index contributed by atoms with van der Waals surface area (Å²) in [6.07, 6.45) is -4.48. The summed E-state index contributed by atoms with van der Waals surface area (Å²) in [5, 5.41) is 3.15. The molecule has 0 amide bonds. The van der Waals surface area contributed by atoms with Crippen LogP contribution in [0.3, 0.4) is 0 Å². The molecule has 0 bridgehead atoms. The van der Waals surface area contributed by atoms with Gasteiger partial charge in [0.1, 0.15) is 0 Å². The first-order valence-corrected chi connectivity index (χ1v) is 6.70. The summed E-state index contributed by atoms with van der Waals surface area (Å²) in [4.78, 5) is 0. The zero-order valence-corrected chi connectivity index (χ0v) is 12.5. The first kappa shape index (κ1) is 16.1. The second-order valence-corrected chi connectivity index (χ2v) is 5.40. The van der Waals surface area contributed by atoms with Gasteiger partial charge in [0.2, 0.25) is 0 Å². The minimum absolute atomic E-state index is 0.0417. The van der Waals surface area contributed by atoms with E-state index in [1.165, 1.54) is 12.1 Å². The largest absolute Gasteiger partial charge is 0.416 e. The molecule has 0 fully saturated rings. The molecule has 0 radical (unpaired) electrons. The molecular formula is C13H8Cl3F3N2. The molecule has 21 heavy (non-hydrogen) atoms. The molecule has 112 valence electrons. The van der Waals surface area contributed by atoms with E-state index in [9.17, 15) is 13.2 Å². The summed E-state index contributed by atoms with van der Waals surface area (Å²) in [6.45, 7) is 0. The SMILES string of the molecule is Nc1cc(Cl)c(Nc2cc(C(F)(F)F)ccc2Cl)c(Cl)c1. The Morgan fingerprint density at radius 2 is 1.48 bits per heavy atom. The first-order valence-electron chi connectivity index (χ1n) is 5.57. The molecule has 0 spiro atoms. The molecule has 8 heteroatoms. The third-order valence-corrected chi connectivity index (χ3v) is 3.54. The Bertz CT molecular complexity index is 664. The molecule has 0 aliphatic heterocycles. The maximum atomic E-state index is 12.7. The average molecular weight is 356 g/mol. The fourth-order valence-electron chi connectivity index (χ4n) is 1.64. The Kier molecular flexibility index (Phi) is 4.46. The minimum atomic E-state index is -4.48. The van der Waals surface area contributed by atoms with Crippen LogP contribution in [0.5, 0.6) is 0 Å². The zero-order valence-electron chi connectivity index (χ0n) is 10.2. The number of rotatable bonds is 2. The lowest BCUT2D eigenvalue weighted by Gasteiger charge is -2.15. The van der Waals surface area contributed by atoms with Crippen LogP contribution in [-0.4, -0.2) is 0 Å². The number of benzene rings is 2. The lowest BCUT2D eigenvalue weighted by Crippen LogP contribution is -2.05. The number of nitrogens with one attached hydrogen (secondary N) is 1. The van der Waals surface area contributed by atoms with E-state index in [1.54, 1.807) is 0 Å². The lowest BCUT2D eigenvalue weighted by molar-refractivity contribution is -0.137. The normalized spacial score (nSPS) is 11.5. The van der Waals surface area contributed by atoms with Crippen molar-refractivity contribution in [3.8, 4) is 0 Å². The fraction of sp³-hybridized carbons (Fsp3) is 0.0769. The summed E-state index contributed by atoms with van der Waals surface area (Å²) >= 11 is 17.8. The van der Waals surface area contributed by atoms with Crippen molar-refractivity contribution in [2.24, 2.45) is 0 Å². The van der Waals surface area contributed by atoms with E-state index in [4.69, 9.17) is 40.5 Å². The fourth-order valence-corrected chi connectivity index (χ4v) is 2.41. The van der Waals surface area contributed by atoms with Crippen molar-refractivity contribution in [2.45, 2.75) is 6.18 Å². The first-order chi connectivity index (χ1) is 9.68. The maximum absolute atomic E-state index is 12.7. The van der Waals surface area contributed by atoms with Crippen LogP contribution in [0.1, 0.15) is 5.56 Å². The van der Waals surface area contributed by atoms with E-state index in [0.717, 1.165) is 18.2 Å². The van der Waals surface area contributed by atoms with Crippen LogP contribution in [0.4, 0.5) is 30.2 Å². The van der Waals surface area contributed by atoms with Crippen molar-refractivity contribution >= 4 is 51.9 Å². The second kappa shape index (κ2) is 5.83. The summed E-state index contributed by atoms with van der Waals surface area (Å²) in [5.41, 5.74) is 5.34. The van der Waals surface area contributed by atoms with Crippen LogP contribution in [0, 0.1) is 0 Å². The molecule has 2 aromatic rings. The highest BCUT2D eigenvalue weighted by atomic mass is 35.5. The van der Waals surface area contributed by atoms with Crippen molar-refractivity contribution in [1.29, 1.82) is 0 Å². The highest BCUT2D eigenvalue weighted by Gasteiger charge is 2.31. The van der Waals surface area contributed by atoms with Crippen LogP contribution in [-0.2, 0) is 6.18 Å². The zero-order chi connectivity index (χ0) is 15.8. The molecular weight excluding hydrogens is 348 g/mol. The van der Waals surface area contributed by atoms with E-state index >= 15 is 0 Å². The van der Waals surface area contributed by atoms with Crippen LogP contribution in [0.15, 0.2) is 30.3 Å². The van der Waals surface area contributed by atoms with E-state index in [1.807, 2.05) is 0 Å². The number of hydrogen-bond donors (Lipinski definition) is 2. The molecule has 2 aromatic carbocycles. The van der Waals surface area contributed by atoms with Gasteiger partial charge in [0.15, 0.2) is 0 Å². The Morgan fingerprint density at radius 3 is 2.00 bits per heavy atom. The highest BCUT2D eigenvalue weighted by Crippen LogP contribution is 2.39. The number of hydrogen-bond acceptors (Lipinski definition) is 2. The van der Waals surface area contributed by atoms with Crippen LogP contribution >= 0.6 is 34.8 Å². The summed E-state index contributed by atoms with van der Waals surface area (Å²) < 4.78 is 38.1. The average Bonchev–Trinajstić information content (AvgIpc) is 2.34. The van der Waals surface area contributed by atoms with E-state index in [0.29, 0.717) is 5.69 Å². The van der Waals surface area contributed by atoms with Crippen molar-refractivity contribution < 1.29 is 13.2 Å². The number of nitrogen functional groups attached to an aromatic ring is 1. The molecule has 0 saturated heterocycles. The van der Waals surface area contributed by atoms with Gasteiger partial charge >= 0.3 is 6.18 Å². The topological polar surface area (TPSA) is 38.0 Å². The third-order valence-electron chi connectivity index (χ3n) is 2.62. The number of anilines is 3. The quantitative estimate of drug-likeness (QED) is 0.649. The van der Waals surface area contributed by atoms with Crippen molar-refractivity contribution in [2.75, 3.05) is 11.1 Å². The molecule has 2 nitrogen and oxygen atoms in total. The highest BCUT2D eigenvalue weighted by molar-refractivity contribution is 6.40. The summed E-state index contributed by atoms with van der Waals surface area (Å²) in [6, 6.07) is 5.77. The predicted octanol–water partition coefficient (Wildman–Crippen LogP) is 5.99. The van der Waals surface area contributed by atoms with Gasteiger partial charge < -0.3 is 11.1 Å². The van der Waals surface area contributed by atoms with E-state index in [-0.39, 0.29) is 26.4 Å².